The molecule has 0 aliphatic heterocycles. The van der Waals surface area contributed by atoms with Gasteiger partial charge in [0.05, 0.1) is 0 Å². The van der Waals surface area contributed by atoms with E-state index < -0.39 is 0 Å². The molecule has 1 heterocycles. The molecule has 0 saturated carbocycles. The Hall–Kier alpha value is -7.48. The van der Waals surface area contributed by atoms with Crippen molar-refractivity contribution in [3.63, 3.8) is 0 Å². The van der Waals surface area contributed by atoms with Crippen molar-refractivity contribution in [2.24, 2.45) is 0 Å². The van der Waals surface area contributed by atoms with Crippen LogP contribution < -0.4 is 0 Å². The Bertz CT molecular complexity index is 3270. The summed E-state index contributed by atoms with van der Waals surface area (Å²) in [6, 6.07) is 78.9. The van der Waals surface area contributed by atoms with Crippen LogP contribution in [0.25, 0.3) is 110 Å². The Balaban J connectivity index is 1.12. The fourth-order valence-electron chi connectivity index (χ4n) is 8.77. The molecule has 0 atom stereocenters. The maximum Gasteiger partial charge on any atom is 0.143 e. The van der Waals surface area contributed by atoms with E-state index in [0.717, 1.165) is 44.2 Å². The van der Waals surface area contributed by atoms with Crippen LogP contribution in [0.5, 0.6) is 0 Å². The number of benzene rings is 10. The van der Waals surface area contributed by atoms with Crippen LogP contribution in [0.15, 0.2) is 223 Å². The lowest BCUT2D eigenvalue weighted by Crippen LogP contribution is -1.91. The molecule has 0 unspecified atom stereocenters. The number of hydrogen-bond donors (Lipinski definition) is 0. The molecule has 0 aliphatic rings. The van der Waals surface area contributed by atoms with Gasteiger partial charge < -0.3 is 4.42 Å². The Kier molecular flexibility index (Phi) is 7.89. The summed E-state index contributed by atoms with van der Waals surface area (Å²) in [5.74, 6) is 0. The van der Waals surface area contributed by atoms with E-state index in [1.807, 2.05) is 6.07 Å². The maximum atomic E-state index is 6.69. The van der Waals surface area contributed by atoms with Crippen molar-refractivity contribution in [3.05, 3.63) is 218 Å². The van der Waals surface area contributed by atoms with E-state index in [0.29, 0.717) is 0 Å². The molecule has 0 aliphatic carbocycles. The van der Waals surface area contributed by atoms with E-state index in [2.05, 4.69) is 212 Å². The lowest BCUT2D eigenvalue weighted by Gasteiger charge is -2.19. The topological polar surface area (TPSA) is 13.1 Å². The van der Waals surface area contributed by atoms with Gasteiger partial charge in [0.1, 0.15) is 11.2 Å². The van der Waals surface area contributed by atoms with E-state index in [4.69, 9.17) is 4.42 Å². The molecule has 1 aromatic heterocycles. The highest BCUT2D eigenvalue weighted by molar-refractivity contribution is 6.22. The fourth-order valence-corrected chi connectivity index (χ4v) is 8.77. The highest BCUT2D eigenvalue weighted by atomic mass is 16.3. The lowest BCUT2D eigenvalue weighted by atomic mass is 9.84. The standard InChI is InChI=1S/C56H36O/c1-4-16-37(17-5-1)40-22-14-24-42(32-40)45-35-50(56-52(36-45)46-26-12-13-29-53(46)57-56)44-25-15-23-41(33-44)43-30-31-49-51(34-43)55(39-20-8-3-9-21-39)48-28-11-10-27-47(48)54(49)38-18-6-2-7-19-38/h1-36H. The van der Waals surface area contributed by atoms with Crippen molar-refractivity contribution >= 4 is 43.5 Å². The second kappa shape index (κ2) is 13.7. The zero-order chi connectivity index (χ0) is 37.7. The number of hydrogen-bond acceptors (Lipinski definition) is 1. The molecule has 0 saturated heterocycles. The summed E-state index contributed by atoms with van der Waals surface area (Å²) in [7, 11) is 0. The molecule has 57 heavy (non-hydrogen) atoms. The average Bonchev–Trinajstić information content (AvgIpc) is 3.67. The van der Waals surface area contributed by atoms with Gasteiger partial charge in [-0.2, -0.15) is 0 Å². The highest BCUT2D eigenvalue weighted by Crippen LogP contribution is 2.46. The summed E-state index contributed by atoms with van der Waals surface area (Å²) in [6.45, 7) is 0. The molecule has 10 aromatic carbocycles. The van der Waals surface area contributed by atoms with Gasteiger partial charge in [-0.3, -0.25) is 0 Å². The maximum absolute atomic E-state index is 6.69. The molecule has 0 N–H and O–H groups in total. The molecule has 0 spiro atoms. The molecular formula is C56H36O. The van der Waals surface area contributed by atoms with Gasteiger partial charge in [-0.05, 0) is 119 Å². The van der Waals surface area contributed by atoms with E-state index in [9.17, 15) is 0 Å². The van der Waals surface area contributed by atoms with Crippen molar-refractivity contribution < 1.29 is 4.42 Å². The van der Waals surface area contributed by atoms with Gasteiger partial charge >= 0.3 is 0 Å². The largest absolute Gasteiger partial charge is 0.455 e. The Morgan fingerprint density at radius 3 is 1.33 bits per heavy atom. The summed E-state index contributed by atoms with van der Waals surface area (Å²) in [6.07, 6.45) is 0. The predicted molar refractivity (Wildman–Crippen MR) is 241 cm³/mol. The van der Waals surface area contributed by atoms with Crippen molar-refractivity contribution in [2.45, 2.75) is 0 Å². The molecular weight excluding hydrogens is 689 g/mol. The molecule has 11 rings (SSSR count). The molecule has 0 fully saturated rings. The third-order valence-electron chi connectivity index (χ3n) is 11.4. The Morgan fingerprint density at radius 1 is 0.228 bits per heavy atom. The van der Waals surface area contributed by atoms with Crippen LogP contribution in [0.2, 0.25) is 0 Å². The van der Waals surface area contributed by atoms with Crippen molar-refractivity contribution in [1.29, 1.82) is 0 Å². The minimum absolute atomic E-state index is 0.893. The summed E-state index contributed by atoms with van der Waals surface area (Å²) in [5.41, 5.74) is 16.0. The quantitative estimate of drug-likeness (QED) is 0.156. The minimum Gasteiger partial charge on any atom is -0.455 e. The van der Waals surface area contributed by atoms with Crippen LogP contribution in [-0.4, -0.2) is 0 Å². The first-order valence-electron chi connectivity index (χ1n) is 19.6. The van der Waals surface area contributed by atoms with Crippen LogP contribution >= 0.6 is 0 Å². The minimum atomic E-state index is 0.893. The van der Waals surface area contributed by atoms with Crippen LogP contribution in [-0.2, 0) is 0 Å². The molecule has 266 valence electrons. The number of fused-ring (bicyclic) bond motifs is 5. The van der Waals surface area contributed by atoms with Gasteiger partial charge in [0.2, 0.25) is 0 Å². The monoisotopic (exact) mass is 724 g/mol. The first-order valence-corrected chi connectivity index (χ1v) is 19.6. The lowest BCUT2D eigenvalue weighted by molar-refractivity contribution is 0.670. The number of para-hydroxylation sites is 1. The summed E-state index contributed by atoms with van der Waals surface area (Å²) >= 11 is 0. The second-order valence-corrected chi connectivity index (χ2v) is 14.8. The molecule has 11 aromatic rings. The Morgan fingerprint density at radius 2 is 0.667 bits per heavy atom. The molecule has 1 nitrogen and oxygen atoms in total. The van der Waals surface area contributed by atoms with Crippen molar-refractivity contribution in [3.8, 4) is 66.8 Å². The van der Waals surface area contributed by atoms with Gasteiger partial charge in [0.25, 0.3) is 0 Å². The third-order valence-corrected chi connectivity index (χ3v) is 11.4. The predicted octanol–water partition coefficient (Wildman–Crippen LogP) is 15.9. The van der Waals surface area contributed by atoms with Gasteiger partial charge in [-0.15, -0.1) is 0 Å². The molecule has 0 radical (unpaired) electrons. The number of furan rings is 1. The first kappa shape index (κ1) is 32.9. The first-order chi connectivity index (χ1) is 28.3. The molecule has 1 heteroatoms. The van der Waals surface area contributed by atoms with Crippen molar-refractivity contribution in [2.75, 3.05) is 0 Å². The average molecular weight is 725 g/mol. The van der Waals surface area contributed by atoms with Crippen LogP contribution in [0.3, 0.4) is 0 Å². The van der Waals surface area contributed by atoms with Gasteiger partial charge in [0, 0.05) is 16.3 Å². The van der Waals surface area contributed by atoms with E-state index in [1.54, 1.807) is 0 Å². The zero-order valence-corrected chi connectivity index (χ0v) is 31.2. The SMILES string of the molecule is c1ccc(-c2cccc(-c3cc(-c4cccc(-c5ccc6c(-c7ccccc7)c7ccccc7c(-c7ccccc7)c6c5)c4)c4oc5ccccc5c4c3)c2)cc1. The smallest absolute Gasteiger partial charge is 0.143 e. The summed E-state index contributed by atoms with van der Waals surface area (Å²) < 4.78 is 6.69. The van der Waals surface area contributed by atoms with E-state index in [-0.39, 0.29) is 0 Å². The highest BCUT2D eigenvalue weighted by Gasteiger charge is 2.19. The Labute approximate surface area is 331 Å². The zero-order valence-electron chi connectivity index (χ0n) is 31.2. The normalized spacial score (nSPS) is 11.5. The van der Waals surface area contributed by atoms with Gasteiger partial charge in [-0.25, -0.2) is 0 Å². The van der Waals surface area contributed by atoms with E-state index >= 15 is 0 Å². The number of rotatable bonds is 6. The summed E-state index contributed by atoms with van der Waals surface area (Å²) in [4.78, 5) is 0. The second-order valence-electron chi connectivity index (χ2n) is 14.8. The van der Waals surface area contributed by atoms with Crippen LogP contribution in [0.4, 0.5) is 0 Å². The van der Waals surface area contributed by atoms with Gasteiger partial charge in [-0.1, -0.05) is 182 Å². The van der Waals surface area contributed by atoms with Crippen LogP contribution in [0.1, 0.15) is 0 Å². The molecule has 0 amide bonds. The fraction of sp³-hybridized carbons (Fsp3) is 0. The molecule has 0 bridgehead atoms. The van der Waals surface area contributed by atoms with Gasteiger partial charge in [0.15, 0.2) is 0 Å². The third kappa shape index (κ3) is 5.72. The summed E-state index contributed by atoms with van der Waals surface area (Å²) in [5, 5.41) is 7.23. The van der Waals surface area contributed by atoms with Crippen molar-refractivity contribution in [1.82, 2.24) is 0 Å². The van der Waals surface area contributed by atoms with E-state index in [1.165, 1.54) is 66.1 Å². The van der Waals surface area contributed by atoms with Crippen LogP contribution in [0, 0.1) is 0 Å².